The Morgan fingerprint density at radius 2 is 1.08 bits per heavy atom. The van der Waals surface area contributed by atoms with Crippen LogP contribution >= 0.6 is 0 Å². The van der Waals surface area contributed by atoms with Crippen molar-refractivity contribution in [3.8, 4) is 0 Å². The molecule has 0 amide bonds. The van der Waals surface area contributed by atoms with Gasteiger partial charge >= 0.3 is 0 Å². The number of piperidine rings is 1. The van der Waals surface area contributed by atoms with Crippen LogP contribution in [0.4, 0.5) is 0 Å². The molecule has 0 aliphatic carbocycles. The van der Waals surface area contributed by atoms with Crippen LogP contribution in [0.15, 0.2) is 120 Å². The minimum Gasteiger partial charge on any atom is -0.286 e. The van der Waals surface area contributed by atoms with Gasteiger partial charge in [-0.1, -0.05) is 109 Å². The maximum Gasteiger partial charge on any atom is 0.297 e. The molecule has 0 N–H and O–H groups in total. The molecule has 0 saturated carbocycles. The van der Waals surface area contributed by atoms with Gasteiger partial charge in [-0.25, -0.2) is 0 Å². The normalized spacial score (nSPS) is 15.6. The fourth-order valence-electron chi connectivity index (χ4n) is 5.31. The molecule has 36 heavy (non-hydrogen) atoms. The minimum absolute atomic E-state index is 0.211. The molecule has 4 nitrogen and oxygen atoms in total. The van der Waals surface area contributed by atoms with E-state index in [0.29, 0.717) is 25.9 Å². The van der Waals surface area contributed by atoms with E-state index in [2.05, 4.69) is 77.7 Å². The average molecular weight is 498 g/mol. The molecule has 4 aromatic rings. The highest BCUT2D eigenvalue weighted by atomic mass is 32.2. The van der Waals surface area contributed by atoms with Gasteiger partial charge in [-0.05, 0) is 48.6 Å². The number of benzene rings is 4. The van der Waals surface area contributed by atoms with Gasteiger partial charge in [-0.15, -0.1) is 0 Å². The highest BCUT2D eigenvalue weighted by Gasteiger charge is 2.43. The van der Waals surface area contributed by atoms with Crippen LogP contribution in [0.2, 0.25) is 0 Å². The molecule has 0 radical (unpaired) electrons. The van der Waals surface area contributed by atoms with Crippen molar-refractivity contribution in [2.24, 2.45) is 0 Å². The van der Waals surface area contributed by atoms with Gasteiger partial charge in [0.15, 0.2) is 0 Å². The van der Waals surface area contributed by atoms with Crippen LogP contribution in [0.5, 0.6) is 0 Å². The van der Waals surface area contributed by atoms with Crippen LogP contribution < -0.4 is 0 Å². The van der Waals surface area contributed by atoms with Crippen LogP contribution in [0.3, 0.4) is 0 Å². The zero-order chi connectivity index (χ0) is 25.0. The van der Waals surface area contributed by atoms with Gasteiger partial charge < -0.3 is 0 Å². The molecule has 0 spiro atoms. The summed E-state index contributed by atoms with van der Waals surface area (Å²) in [4.78, 5) is 2.69. The van der Waals surface area contributed by atoms with Crippen molar-refractivity contribution in [3.05, 3.63) is 138 Å². The number of hydrogen-bond donors (Lipinski definition) is 0. The molecule has 4 aromatic carbocycles. The van der Waals surface area contributed by atoms with Crippen molar-refractivity contribution in [1.82, 2.24) is 4.90 Å². The van der Waals surface area contributed by atoms with Crippen molar-refractivity contribution < 1.29 is 12.6 Å². The topological polar surface area (TPSA) is 46.6 Å². The maximum atomic E-state index is 12.9. The van der Waals surface area contributed by atoms with Gasteiger partial charge in [-0.2, -0.15) is 8.42 Å². The van der Waals surface area contributed by atoms with E-state index in [9.17, 15) is 8.42 Å². The lowest BCUT2D eigenvalue weighted by Crippen LogP contribution is -2.52. The van der Waals surface area contributed by atoms with E-state index >= 15 is 0 Å². The first-order valence-corrected chi connectivity index (χ1v) is 13.8. The first kappa shape index (κ1) is 24.4. The Kier molecular flexibility index (Phi) is 7.06. The fourth-order valence-corrected chi connectivity index (χ4v) is 6.44. The summed E-state index contributed by atoms with van der Waals surface area (Å²) >= 11 is 0. The molecule has 0 aromatic heterocycles. The Morgan fingerprint density at radius 1 is 0.667 bits per heavy atom. The number of rotatable bonds is 7. The molecule has 5 heteroatoms. The van der Waals surface area contributed by atoms with E-state index in [1.54, 1.807) is 24.3 Å². The second kappa shape index (κ2) is 10.4. The number of hydrogen-bond acceptors (Lipinski definition) is 4. The Labute approximate surface area is 214 Å². The number of aryl methyl sites for hydroxylation is 1. The van der Waals surface area contributed by atoms with Crippen LogP contribution in [0.25, 0.3) is 0 Å². The van der Waals surface area contributed by atoms with E-state index in [1.807, 2.05) is 25.1 Å². The first-order valence-electron chi connectivity index (χ1n) is 12.4. The predicted octanol–water partition coefficient (Wildman–Crippen LogP) is 6.16. The zero-order valence-corrected chi connectivity index (χ0v) is 21.3. The molecular formula is C31H31NO3S. The fraction of sp³-hybridized carbons (Fsp3) is 0.226. The van der Waals surface area contributed by atoms with Crippen molar-refractivity contribution in [1.29, 1.82) is 0 Å². The van der Waals surface area contributed by atoms with Crippen molar-refractivity contribution in [2.45, 2.75) is 36.3 Å². The lowest BCUT2D eigenvalue weighted by Gasteiger charge is -2.48. The lowest BCUT2D eigenvalue weighted by molar-refractivity contribution is 0.0607. The third kappa shape index (κ3) is 4.74. The first-order chi connectivity index (χ1) is 17.5. The molecular weight excluding hydrogens is 466 g/mol. The molecule has 1 saturated heterocycles. The largest absolute Gasteiger partial charge is 0.297 e. The lowest BCUT2D eigenvalue weighted by atomic mass is 9.74. The molecule has 1 fully saturated rings. The van der Waals surface area contributed by atoms with E-state index in [-0.39, 0.29) is 11.0 Å². The van der Waals surface area contributed by atoms with Crippen molar-refractivity contribution >= 4 is 10.1 Å². The summed E-state index contributed by atoms with van der Waals surface area (Å²) in [7, 11) is -3.80. The molecule has 0 unspecified atom stereocenters. The monoisotopic (exact) mass is 497 g/mol. The Bertz CT molecular complexity index is 1270. The standard InChI is InChI=1S/C31H31NO3S/c1-25-17-19-30(20-18-25)36(33,34)35-29-21-23-32(24-22-29)31(26-11-5-2-6-12-26,27-13-7-3-8-14-27)28-15-9-4-10-16-28/h2-20,29H,21-24H2,1H3. The summed E-state index contributed by atoms with van der Waals surface area (Å²) in [5.41, 5.74) is 4.09. The van der Waals surface area contributed by atoms with Gasteiger partial charge in [0.1, 0.15) is 0 Å². The summed E-state index contributed by atoms with van der Waals surface area (Å²) in [5.74, 6) is 0. The summed E-state index contributed by atoms with van der Waals surface area (Å²) in [6.45, 7) is 3.34. The Balaban J connectivity index is 1.48. The third-order valence-corrected chi connectivity index (χ3v) is 8.44. The summed E-state index contributed by atoms with van der Waals surface area (Å²) < 4.78 is 31.6. The summed E-state index contributed by atoms with van der Waals surface area (Å²) in [5, 5.41) is 0. The van der Waals surface area contributed by atoms with Crippen LogP contribution in [0.1, 0.15) is 35.1 Å². The van der Waals surface area contributed by atoms with Crippen LogP contribution in [-0.4, -0.2) is 32.5 Å². The molecule has 1 heterocycles. The smallest absolute Gasteiger partial charge is 0.286 e. The molecule has 0 bridgehead atoms. The van der Waals surface area contributed by atoms with Crippen molar-refractivity contribution in [2.75, 3.05) is 13.1 Å². The van der Waals surface area contributed by atoms with E-state index in [1.165, 1.54) is 16.7 Å². The van der Waals surface area contributed by atoms with E-state index < -0.39 is 15.7 Å². The molecule has 0 atom stereocenters. The second-order valence-corrected chi connectivity index (χ2v) is 10.9. The SMILES string of the molecule is Cc1ccc(S(=O)(=O)OC2CCN(C(c3ccccc3)(c3ccccc3)c3ccccc3)CC2)cc1. The van der Waals surface area contributed by atoms with E-state index in [4.69, 9.17) is 4.18 Å². The van der Waals surface area contributed by atoms with Gasteiger partial charge in [-0.3, -0.25) is 9.08 Å². The van der Waals surface area contributed by atoms with Crippen LogP contribution in [0, 0.1) is 6.92 Å². The van der Waals surface area contributed by atoms with Gasteiger partial charge in [0, 0.05) is 13.1 Å². The average Bonchev–Trinajstić information content (AvgIpc) is 2.92. The third-order valence-electron chi connectivity index (χ3n) is 7.06. The van der Waals surface area contributed by atoms with Crippen LogP contribution in [-0.2, 0) is 19.8 Å². The minimum atomic E-state index is -3.80. The molecule has 1 aliphatic rings. The van der Waals surface area contributed by atoms with Gasteiger partial charge in [0.25, 0.3) is 10.1 Å². The highest BCUT2D eigenvalue weighted by molar-refractivity contribution is 7.86. The molecule has 184 valence electrons. The summed E-state index contributed by atoms with van der Waals surface area (Å²) in [6.07, 6.45) is 0.895. The second-order valence-electron chi connectivity index (χ2n) is 9.36. The van der Waals surface area contributed by atoms with E-state index in [0.717, 1.165) is 5.56 Å². The quantitative estimate of drug-likeness (QED) is 0.227. The predicted molar refractivity (Wildman–Crippen MR) is 143 cm³/mol. The molecule has 1 aliphatic heterocycles. The summed E-state index contributed by atoms with van der Waals surface area (Å²) in [6, 6.07) is 38.6. The Hall–Kier alpha value is -3.25. The molecule has 5 rings (SSSR count). The zero-order valence-electron chi connectivity index (χ0n) is 20.5. The number of nitrogens with zero attached hydrogens (tertiary/aromatic N) is 1. The van der Waals surface area contributed by atoms with Crippen molar-refractivity contribution in [3.63, 3.8) is 0 Å². The number of likely N-dealkylation sites (tertiary alicyclic amines) is 1. The maximum absolute atomic E-state index is 12.9. The Morgan fingerprint density at radius 3 is 1.50 bits per heavy atom. The van der Waals surface area contributed by atoms with Gasteiger partial charge in [0.2, 0.25) is 0 Å². The highest BCUT2D eigenvalue weighted by Crippen LogP contribution is 2.43. The van der Waals surface area contributed by atoms with Gasteiger partial charge in [0.05, 0.1) is 16.5 Å².